The van der Waals surface area contributed by atoms with E-state index in [0.717, 1.165) is 42.9 Å². The van der Waals surface area contributed by atoms with Gasteiger partial charge in [-0.1, -0.05) is 12.1 Å². The van der Waals surface area contributed by atoms with Gasteiger partial charge in [0.25, 0.3) is 0 Å². The van der Waals surface area contributed by atoms with Crippen LogP contribution < -0.4 is 10.6 Å². The fourth-order valence-corrected chi connectivity index (χ4v) is 3.14. The molecule has 26 heavy (non-hydrogen) atoms. The van der Waals surface area contributed by atoms with Gasteiger partial charge >= 0.3 is 0 Å². The van der Waals surface area contributed by atoms with Crippen LogP contribution in [0.2, 0.25) is 0 Å². The average molecular weight is 427 g/mol. The van der Waals surface area contributed by atoms with E-state index in [4.69, 9.17) is 4.74 Å². The van der Waals surface area contributed by atoms with Crippen molar-refractivity contribution in [1.82, 2.24) is 15.1 Å². The predicted octanol–water partition coefficient (Wildman–Crippen LogP) is 1.16. The topological polar surface area (TPSA) is 73.9 Å². The van der Waals surface area contributed by atoms with Crippen LogP contribution >= 0.6 is 15.9 Å². The molecular formula is C18H27BrN4O3. The van der Waals surface area contributed by atoms with Gasteiger partial charge in [0.1, 0.15) is 0 Å². The van der Waals surface area contributed by atoms with E-state index in [2.05, 4.69) is 36.4 Å². The van der Waals surface area contributed by atoms with E-state index in [0.29, 0.717) is 26.1 Å². The van der Waals surface area contributed by atoms with E-state index < -0.39 is 0 Å². The van der Waals surface area contributed by atoms with Crippen LogP contribution in [0.1, 0.15) is 6.42 Å². The molecule has 2 rings (SSSR count). The largest absolute Gasteiger partial charge is 0.383 e. The van der Waals surface area contributed by atoms with Crippen molar-refractivity contribution in [2.75, 3.05) is 64.8 Å². The lowest BCUT2D eigenvalue weighted by Crippen LogP contribution is -2.50. The van der Waals surface area contributed by atoms with Gasteiger partial charge in [0.2, 0.25) is 11.8 Å². The van der Waals surface area contributed by atoms with Crippen molar-refractivity contribution >= 4 is 33.4 Å². The molecule has 1 fully saturated rings. The third-order valence-corrected chi connectivity index (χ3v) is 4.96. The molecule has 0 aliphatic carbocycles. The van der Waals surface area contributed by atoms with Gasteiger partial charge in [0.15, 0.2) is 0 Å². The number of amides is 2. The van der Waals surface area contributed by atoms with Gasteiger partial charge < -0.3 is 20.3 Å². The van der Waals surface area contributed by atoms with Gasteiger partial charge in [0, 0.05) is 57.3 Å². The second kappa shape index (κ2) is 11.3. The van der Waals surface area contributed by atoms with E-state index in [1.165, 1.54) is 0 Å². The number of ether oxygens (including phenoxy) is 1. The quantitative estimate of drug-likeness (QED) is 0.579. The molecule has 7 nitrogen and oxygen atoms in total. The highest BCUT2D eigenvalue weighted by Gasteiger charge is 2.19. The maximum Gasteiger partial charge on any atom is 0.234 e. The van der Waals surface area contributed by atoms with E-state index >= 15 is 0 Å². The Kier molecular flexibility index (Phi) is 9.04. The molecule has 0 atom stereocenters. The predicted molar refractivity (Wildman–Crippen MR) is 105 cm³/mol. The number of nitrogens with one attached hydrogen (secondary N) is 2. The fourth-order valence-electron chi connectivity index (χ4n) is 2.76. The highest BCUT2D eigenvalue weighted by atomic mass is 79.9. The van der Waals surface area contributed by atoms with Crippen molar-refractivity contribution < 1.29 is 14.3 Å². The molecular weight excluding hydrogens is 400 g/mol. The van der Waals surface area contributed by atoms with Crippen molar-refractivity contribution in [3.05, 3.63) is 28.7 Å². The number of hydrogen-bond donors (Lipinski definition) is 2. The molecule has 0 radical (unpaired) electrons. The number of piperazine rings is 1. The summed E-state index contributed by atoms with van der Waals surface area (Å²) in [5, 5.41) is 5.76. The Bertz CT molecular complexity index is 592. The molecule has 0 spiro atoms. The third-order valence-electron chi connectivity index (χ3n) is 4.26. The summed E-state index contributed by atoms with van der Waals surface area (Å²) < 4.78 is 5.80. The second-order valence-electron chi connectivity index (χ2n) is 6.24. The van der Waals surface area contributed by atoms with Crippen molar-refractivity contribution in [3.8, 4) is 0 Å². The molecule has 144 valence electrons. The smallest absolute Gasteiger partial charge is 0.234 e. The summed E-state index contributed by atoms with van der Waals surface area (Å²) in [5.74, 6) is 0.0418. The monoisotopic (exact) mass is 426 g/mol. The molecule has 1 aliphatic heterocycles. The lowest BCUT2D eigenvalue weighted by atomic mass is 10.2. The van der Waals surface area contributed by atoms with E-state index in [9.17, 15) is 9.59 Å². The summed E-state index contributed by atoms with van der Waals surface area (Å²) in [6, 6.07) is 7.58. The highest BCUT2D eigenvalue weighted by Crippen LogP contribution is 2.21. The first-order valence-electron chi connectivity index (χ1n) is 8.83. The van der Waals surface area contributed by atoms with Crippen LogP contribution in [0.3, 0.4) is 0 Å². The minimum absolute atomic E-state index is 0.0110. The van der Waals surface area contributed by atoms with Gasteiger partial charge in [-0.15, -0.1) is 0 Å². The maximum atomic E-state index is 12.1. The van der Waals surface area contributed by atoms with E-state index in [-0.39, 0.29) is 11.8 Å². The number of nitrogens with zero attached hydrogens (tertiary/aromatic N) is 2. The van der Waals surface area contributed by atoms with Crippen molar-refractivity contribution in [1.29, 1.82) is 0 Å². The first-order chi connectivity index (χ1) is 12.6. The number of benzene rings is 1. The number of hydrogen-bond acceptors (Lipinski definition) is 5. The Morgan fingerprint density at radius 2 is 1.81 bits per heavy atom. The number of anilines is 1. The van der Waals surface area contributed by atoms with Crippen LogP contribution in [0.15, 0.2) is 28.7 Å². The van der Waals surface area contributed by atoms with Crippen LogP contribution in [0.5, 0.6) is 0 Å². The zero-order chi connectivity index (χ0) is 18.8. The van der Waals surface area contributed by atoms with Crippen LogP contribution in [-0.4, -0.2) is 81.1 Å². The van der Waals surface area contributed by atoms with Gasteiger partial charge in [-0.25, -0.2) is 0 Å². The number of carbonyl (C=O) groups is 2. The van der Waals surface area contributed by atoms with Gasteiger partial charge in [-0.3, -0.25) is 14.5 Å². The molecule has 0 bridgehead atoms. The molecule has 1 aliphatic rings. The summed E-state index contributed by atoms with van der Waals surface area (Å²) in [5.41, 5.74) is 0.793. The fraction of sp³-hybridized carbons (Fsp3) is 0.556. The number of rotatable bonds is 9. The zero-order valence-corrected chi connectivity index (χ0v) is 16.8. The standard InChI is InChI=1S/C18H27BrN4O3/c1-26-13-7-20-18(25)14-23-11-9-22(10-12-23)8-6-17(24)21-16-5-3-2-4-15(16)19/h2-5H,6-14H2,1H3,(H,20,25)(H,21,24). The number of halogens is 1. The number of methoxy groups -OCH3 is 1. The lowest BCUT2D eigenvalue weighted by molar-refractivity contribution is -0.122. The summed E-state index contributed by atoms with van der Waals surface area (Å²) in [4.78, 5) is 28.3. The molecule has 0 saturated carbocycles. The summed E-state index contributed by atoms with van der Waals surface area (Å²) in [7, 11) is 1.62. The molecule has 0 unspecified atom stereocenters. The molecule has 0 aromatic heterocycles. The van der Waals surface area contributed by atoms with Gasteiger partial charge in [-0.2, -0.15) is 0 Å². The SMILES string of the molecule is COCCNC(=O)CN1CCN(CCC(=O)Nc2ccccc2Br)CC1. The Balaban J connectivity index is 1.62. The van der Waals surface area contributed by atoms with Crippen molar-refractivity contribution in [3.63, 3.8) is 0 Å². The first kappa shape index (κ1) is 20.8. The zero-order valence-electron chi connectivity index (χ0n) is 15.2. The lowest BCUT2D eigenvalue weighted by Gasteiger charge is -2.34. The van der Waals surface area contributed by atoms with Gasteiger partial charge in [0.05, 0.1) is 18.8 Å². The minimum atomic E-state index is 0.0110. The van der Waals surface area contributed by atoms with E-state index in [1.54, 1.807) is 7.11 Å². The Morgan fingerprint density at radius 3 is 2.50 bits per heavy atom. The molecule has 1 aromatic carbocycles. The Labute approximate surface area is 163 Å². The average Bonchev–Trinajstić information content (AvgIpc) is 2.63. The van der Waals surface area contributed by atoms with Gasteiger partial charge in [-0.05, 0) is 28.1 Å². The van der Waals surface area contributed by atoms with E-state index in [1.807, 2.05) is 24.3 Å². The van der Waals surface area contributed by atoms with Crippen molar-refractivity contribution in [2.24, 2.45) is 0 Å². The number of carbonyl (C=O) groups excluding carboxylic acids is 2. The normalized spacial score (nSPS) is 15.6. The molecule has 8 heteroatoms. The van der Waals surface area contributed by atoms with Crippen LogP contribution in [-0.2, 0) is 14.3 Å². The second-order valence-corrected chi connectivity index (χ2v) is 7.09. The Hall–Kier alpha value is -1.48. The molecule has 2 amide bonds. The number of para-hydroxylation sites is 1. The maximum absolute atomic E-state index is 12.1. The van der Waals surface area contributed by atoms with Crippen LogP contribution in [0.25, 0.3) is 0 Å². The first-order valence-corrected chi connectivity index (χ1v) is 9.62. The molecule has 1 saturated heterocycles. The third kappa shape index (κ3) is 7.41. The summed E-state index contributed by atoms with van der Waals surface area (Å²) in [6.45, 7) is 5.63. The highest BCUT2D eigenvalue weighted by molar-refractivity contribution is 9.10. The minimum Gasteiger partial charge on any atom is -0.383 e. The molecule has 1 aromatic rings. The molecule has 1 heterocycles. The molecule has 2 N–H and O–H groups in total. The van der Waals surface area contributed by atoms with Crippen molar-refractivity contribution in [2.45, 2.75) is 6.42 Å². The summed E-state index contributed by atoms with van der Waals surface area (Å²) >= 11 is 3.43. The van der Waals surface area contributed by atoms with Crippen LogP contribution in [0, 0.1) is 0 Å². The Morgan fingerprint density at radius 1 is 1.12 bits per heavy atom. The van der Waals surface area contributed by atoms with Crippen LogP contribution in [0.4, 0.5) is 5.69 Å². The summed E-state index contributed by atoms with van der Waals surface area (Å²) in [6.07, 6.45) is 0.457.